The van der Waals surface area contributed by atoms with Gasteiger partial charge in [0.25, 0.3) is 0 Å². The SMILES string of the molecule is Cc1nsc(NCC2(C(=O)O)CCC2)n1. The normalized spacial score (nSPS) is 18.2. The molecule has 15 heavy (non-hydrogen) atoms. The Bertz CT molecular complexity index is 373. The Hall–Kier alpha value is -1.17. The topological polar surface area (TPSA) is 75.1 Å². The quantitative estimate of drug-likeness (QED) is 0.815. The molecule has 0 unspecified atom stereocenters. The van der Waals surface area contributed by atoms with Crippen LogP contribution in [0.3, 0.4) is 0 Å². The number of anilines is 1. The molecule has 6 heteroatoms. The summed E-state index contributed by atoms with van der Waals surface area (Å²) in [5, 5.41) is 12.9. The van der Waals surface area contributed by atoms with Gasteiger partial charge in [0.1, 0.15) is 5.82 Å². The number of carbonyl (C=O) groups is 1. The van der Waals surface area contributed by atoms with Gasteiger partial charge < -0.3 is 10.4 Å². The van der Waals surface area contributed by atoms with E-state index < -0.39 is 11.4 Å². The molecular weight excluding hydrogens is 214 g/mol. The van der Waals surface area contributed by atoms with Gasteiger partial charge in [-0.3, -0.25) is 4.79 Å². The van der Waals surface area contributed by atoms with Crippen molar-refractivity contribution in [3.05, 3.63) is 5.82 Å². The van der Waals surface area contributed by atoms with E-state index in [9.17, 15) is 4.79 Å². The summed E-state index contributed by atoms with van der Waals surface area (Å²) >= 11 is 1.27. The van der Waals surface area contributed by atoms with Gasteiger partial charge in [0.15, 0.2) is 0 Å². The Morgan fingerprint density at radius 2 is 2.40 bits per heavy atom. The summed E-state index contributed by atoms with van der Waals surface area (Å²) in [6.07, 6.45) is 2.52. The molecule has 0 radical (unpaired) electrons. The van der Waals surface area contributed by atoms with Crippen LogP contribution >= 0.6 is 11.5 Å². The highest BCUT2D eigenvalue weighted by molar-refractivity contribution is 7.09. The average molecular weight is 227 g/mol. The van der Waals surface area contributed by atoms with Crippen LogP contribution < -0.4 is 5.32 Å². The maximum absolute atomic E-state index is 11.1. The van der Waals surface area contributed by atoms with E-state index in [0.717, 1.165) is 25.1 Å². The van der Waals surface area contributed by atoms with Crippen LogP contribution in [-0.4, -0.2) is 27.0 Å². The fraction of sp³-hybridized carbons (Fsp3) is 0.667. The summed E-state index contributed by atoms with van der Waals surface area (Å²) in [5.41, 5.74) is -0.570. The summed E-state index contributed by atoms with van der Waals surface area (Å²) in [7, 11) is 0. The number of rotatable bonds is 4. The predicted octanol–water partition coefficient (Wildman–Crippen LogP) is 1.51. The molecule has 0 atom stereocenters. The van der Waals surface area contributed by atoms with Crippen LogP contribution in [0.25, 0.3) is 0 Å². The standard InChI is InChI=1S/C9H13N3O2S/c1-6-11-8(15-12-6)10-5-9(7(13)14)3-2-4-9/h2-5H2,1H3,(H,13,14)(H,10,11,12). The average Bonchev–Trinajstić information content (AvgIpc) is 2.49. The van der Waals surface area contributed by atoms with Crippen molar-refractivity contribution < 1.29 is 9.90 Å². The lowest BCUT2D eigenvalue weighted by Crippen LogP contribution is -2.43. The van der Waals surface area contributed by atoms with Crippen molar-refractivity contribution in [1.29, 1.82) is 0 Å². The fourth-order valence-electron chi connectivity index (χ4n) is 1.68. The monoisotopic (exact) mass is 227 g/mol. The highest BCUT2D eigenvalue weighted by Crippen LogP contribution is 2.41. The molecule has 0 spiro atoms. The van der Waals surface area contributed by atoms with Crippen LogP contribution in [0.15, 0.2) is 0 Å². The van der Waals surface area contributed by atoms with Gasteiger partial charge in [-0.05, 0) is 19.8 Å². The van der Waals surface area contributed by atoms with Gasteiger partial charge in [-0.15, -0.1) is 0 Å². The summed E-state index contributed by atoms with van der Waals surface area (Å²) in [5.74, 6) is 0.0166. The molecule has 1 aliphatic rings. The first-order valence-electron chi connectivity index (χ1n) is 4.90. The van der Waals surface area contributed by atoms with Crippen LogP contribution in [0.5, 0.6) is 0 Å². The van der Waals surface area contributed by atoms with Gasteiger partial charge in [-0.2, -0.15) is 4.37 Å². The van der Waals surface area contributed by atoms with E-state index in [-0.39, 0.29) is 0 Å². The number of aryl methyl sites for hydroxylation is 1. The third kappa shape index (κ3) is 1.94. The van der Waals surface area contributed by atoms with Crippen molar-refractivity contribution in [3.8, 4) is 0 Å². The molecule has 1 saturated carbocycles. The first-order chi connectivity index (χ1) is 7.12. The van der Waals surface area contributed by atoms with Crippen molar-refractivity contribution >= 4 is 22.6 Å². The molecule has 0 saturated heterocycles. The van der Waals surface area contributed by atoms with Gasteiger partial charge in [-0.1, -0.05) is 6.42 Å². The molecule has 0 aromatic carbocycles. The Balaban J connectivity index is 1.95. The van der Waals surface area contributed by atoms with E-state index in [4.69, 9.17) is 5.11 Å². The number of aromatic nitrogens is 2. The second-order valence-electron chi connectivity index (χ2n) is 3.94. The second kappa shape index (κ2) is 3.77. The Morgan fingerprint density at radius 3 is 2.80 bits per heavy atom. The lowest BCUT2D eigenvalue weighted by atomic mass is 9.69. The first kappa shape index (κ1) is 10.4. The highest BCUT2D eigenvalue weighted by Gasteiger charge is 2.44. The summed E-state index contributed by atoms with van der Waals surface area (Å²) in [6, 6.07) is 0. The van der Waals surface area contributed by atoms with Gasteiger partial charge in [-0.25, -0.2) is 4.98 Å². The minimum absolute atomic E-state index is 0.455. The third-order valence-corrected chi connectivity index (χ3v) is 3.63. The zero-order valence-corrected chi connectivity index (χ0v) is 9.30. The number of nitrogens with one attached hydrogen (secondary N) is 1. The lowest BCUT2D eigenvalue weighted by Gasteiger charge is -2.37. The van der Waals surface area contributed by atoms with Crippen molar-refractivity contribution in [2.75, 3.05) is 11.9 Å². The Labute approximate surface area is 91.7 Å². The summed E-state index contributed by atoms with van der Waals surface area (Å²) in [4.78, 5) is 15.2. The maximum Gasteiger partial charge on any atom is 0.311 e. The maximum atomic E-state index is 11.1. The largest absolute Gasteiger partial charge is 0.481 e. The zero-order chi connectivity index (χ0) is 10.9. The van der Waals surface area contributed by atoms with E-state index in [1.54, 1.807) is 0 Å². The van der Waals surface area contributed by atoms with Gasteiger partial charge in [0.2, 0.25) is 5.13 Å². The molecule has 1 aromatic rings. The predicted molar refractivity (Wildman–Crippen MR) is 57.1 cm³/mol. The van der Waals surface area contributed by atoms with Crippen molar-refractivity contribution in [2.45, 2.75) is 26.2 Å². The van der Waals surface area contributed by atoms with E-state index in [2.05, 4.69) is 14.7 Å². The number of hydrogen-bond donors (Lipinski definition) is 2. The van der Waals surface area contributed by atoms with Crippen LogP contribution in [-0.2, 0) is 4.79 Å². The van der Waals surface area contributed by atoms with E-state index in [1.165, 1.54) is 11.5 Å². The molecule has 1 fully saturated rings. The molecule has 5 nitrogen and oxygen atoms in total. The molecule has 1 aromatic heterocycles. The number of aliphatic carboxylic acids is 1. The number of hydrogen-bond acceptors (Lipinski definition) is 5. The molecule has 1 aliphatic carbocycles. The fourth-order valence-corrected chi connectivity index (χ4v) is 2.25. The van der Waals surface area contributed by atoms with Crippen LogP contribution in [0.2, 0.25) is 0 Å². The van der Waals surface area contributed by atoms with Crippen LogP contribution in [0.1, 0.15) is 25.1 Å². The van der Waals surface area contributed by atoms with Gasteiger partial charge >= 0.3 is 5.97 Å². The van der Waals surface area contributed by atoms with E-state index in [0.29, 0.717) is 11.7 Å². The van der Waals surface area contributed by atoms with Crippen LogP contribution in [0, 0.1) is 12.3 Å². The molecule has 0 aliphatic heterocycles. The van der Waals surface area contributed by atoms with E-state index in [1.807, 2.05) is 6.92 Å². The number of carboxylic acid groups (broad SMARTS) is 1. The highest BCUT2D eigenvalue weighted by atomic mass is 32.1. The minimum atomic E-state index is -0.706. The van der Waals surface area contributed by atoms with Gasteiger partial charge in [0, 0.05) is 18.1 Å². The minimum Gasteiger partial charge on any atom is -0.481 e. The van der Waals surface area contributed by atoms with Crippen LogP contribution in [0.4, 0.5) is 5.13 Å². The number of carboxylic acids is 1. The molecule has 1 heterocycles. The summed E-state index contributed by atoms with van der Waals surface area (Å²) < 4.78 is 4.03. The Morgan fingerprint density at radius 1 is 1.67 bits per heavy atom. The van der Waals surface area contributed by atoms with Crippen molar-refractivity contribution in [2.24, 2.45) is 5.41 Å². The molecule has 2 N–H and O–H groups in total. The lowest BCUT2D eigenvalue weighted by molar-refractivity contribution is -0.153. The first-order valence-corrected chi connectivity index (χ1v) is 5.67. The molecule has 0 amide bonds. The zero-order valence-electron chi connectivity index (χ0n) is 8.49. The molecule has 0 bridgehead atoms. The van der Waals surface area contributed by atoms with Gasteiger partial charge in [0.05, 0.1) is 5.41 Å². The van der Waals surface area contributed by atoms with Crippen molar-refractivity contribution in [1.82, 2.24) is 9.36 Å². The molecule has 82 valence electrons. The van der Waals surface area contributed by atoms with E-state index >= 15 is 0 Å². The Kier molecular flexibility index (Phi) is 2.60. The second-order valence-corrected chi connectivity index (χ2v) is 4.69. The molecular formula is C9H13N3O2S. The third-order valence-electron chi connectivity index (χ3n) is 2.87. The smallest absolute Gasteiger partial charge is 0.311 e. The van der Waals surface area contributed by atoms with Crippen molar-refractivity contribution in [3.63, 3.8) is 0 Å². The molecule has 2 rings (SSSR count). The number of nitrogens with zero attached hydrogens (tertiary/aromatic N) is 2. The summed E-state index contributed by atoms with van der Waals surface area (Å²) in [6.45, 7) is 2.27.